The standard InChI is InChI=1S/C38H23N3O2/c1-39-24-14-17-36-30(20-24)29-10-4-7-13-35(29)41(36)26-16-19-38-32(22-26)31-21-25(15-18-37(31)42-23-43-38)40-33-11-5-2-8-27(33)28-9-3-6-12-34(28)40/h2-22H,23H2. The van der Waals surface area contributed by atoms with Crippen LogP contribution in [-0.4, -0.2) is 15.9 Å². The molecule has 0 amide bonds. The van der Waals surface area contributed by atoms with Crippen LogP contribution in [-0.2, 0) is 0 Å². The number of para-hydroxylation sites is 3. The lowest BCUT2D eigenvalue weighted by Crippen LogP contribution is -2.03. The van der Waals surface area contributed by atoms with Crippen molar-refractivity contribution in [2.24, 2.45) is 0 Å². The summed E-state index contributed by atoms with van der Waals surface area (Å²) in [6.07, 6.45) is 0. The van der Waals surface area contributed by atoms with Gasteiger partial charge in [-0.05, 0) is 72.1 Å². The molecule has 9 rings (SSSR count). The zero-order valence-electron chi connectivity index (χ0n) is 23.0. The largest absolute Gasteiger partial charge is 0.457 e. The highest BCUT2D eigenvalue weighted by Gasteiger charge is 2.21. The normalized spacial score (nSPS) is 12.4. The molecule has 0 aliphatic carbocycles. The van der Waals surface area contributed by atoms with Crippen LogP contribution in [0.15, 0.2) is 127 Å². The summed E-state index contributed by atoms with van der Waals surface area (Å²) in [5, 5.41) is 4.63. The third-order valence-corrected chi connectivity index (χ3v) is 8.53. The van der Waals surface area contributed by atoms with E-state index in [-0.39, 0.29) is 6.79 Å². The van der Waals surface area contributed by atoms with E-state index >= 15 is 0 Å². The Balaban J connectivity index is 1.29. The summed E-state index contributed by atoms with van der Waals surface area (Å²) in [6.45, 7) is 7.68. The Morgan fingerprint density at radius 1 is 0.488 bits per heavy atom. The average molecular weight is 554 g/mol. The highest BCUT2D eigenvalue weighted by molar-refractivity contribution is 6.11. The predicted molar refractivity (Wildman–Crippen MR) is 173 cm³/mol. The number of hydrogen-bond donors (Lipinski definition) is 0. The van der Waals surface area contributed by atoms with Crippen LogP contribution in [0, 0.1) is 6.57 Å². The van der Waals surface area contributed by atoms with Crippen molar-refractivity contribution in [1.82, 2.24) is 9.13 Å². The van der Waals surface area contributed by atoms with Crippen molar-refractivity contribution in [2.75, 3.05) is 6.79 Å². The van der Waals surface area contributed by atoms with Crippen LogP contribution in [0.3, 0.4) is 0 Å². The first kappa shape index (κ1) is 23.7. The fourth-order valence-electron chi connectivity index (χ4n) is 6.65. The summed E-state index contributed by atoms with van der Waals surface area (Å²) in [7, 11) is 0. The van der Waals surface area contributed by atoms with E-state index in [1.165, 1.54) is 10.8 Å². The molecule has 2 aromatic heterocycles. The first-order valence-corrected chi connectivity index (χ1v) is 14.2. The molecule has 0 N–H and O–H groups in total. The number of hydrogen-bond acceptors (Lipinski definition) is 2. The van der Waals surface area contributed by atoms with Gasteiger partial charge in [0.2, 0.25) is 6.79 Å². The zero-order chi connectivity index (χ0) is 28.5. The van der Waals surface area contributed by atoms with Crippen LogP contribution in [0.4, 0.5) is 5.69 Å². The van der Waals surface area contributed by atoms with Gasteiger partial charge < -0.3 is 18.6 Å². The van der Waals surface area contributed by atoms with E-state index in [0.717, 1.165) is 66.8 Å². The minimum atomic E-state index is 0.142. The second kappa shape index (κ2) is 9.01. The van der Waals surface area contributed by atoms with E-state index in [1.807, 2.05) is 36.4 Å². The van der Waals surface area contributed by atoms with Gasteiger partial charge in [0.25, 0.3) is 0 Å². The predicted octanol–water partition coefficient (Wildman–Crippen LogP) is 9.83. The van der Waals surface area contributed by atoms with Gasteiger partial charge in [-0.2, -0.15) is 0 Å². The third-order valence-electron chi connectivity index (χ3n) is 8.53. The lowest BCUT2D eigenvalue weighted by atomic mass is 10.0. The first-order chi connectivity index (χ1) is 21.3. The van der Waals surface area contributed by atoms with Crippen LogP contribution in [0.2, 0.25) is 0 Å². The Bertz CT molecular complexity index is 2410. The molecule has 5 heteroatoms. The second-order valence-corrected chi connectivity index (χ2v) is 10.8. The van der Waals surface area contributed by atoms with Gasteiger partial charge >= 0.3 is 0 Å². The van der Waals surface area contributed by atoms with E-state index in [1.54, 1.807) is 0 Å². The molecule has 0 saturated heterocycles. The van der Waals surface area contributed by atoms with Crippen LogP contribution in [0.5, 0.6) is 11.5 Å². The molecule has 43 heavy (non-hydrogen) atoms. The molecule has 5 nitrogen and oxygen atoms in total. The monoisotopic (exact) mass is 553 g/mol. The Hall–Kier alpha value is -5.99. The molecule has 0 spiro atoms. The van der Waals surface area contributed by atoms with Gasteiger partial charge in [-0.1, -0.05) is 60.7 Å². The second-order valence-electron chi connectivity index (χ2n) is 10.8. The molecule has 202 valence electrons. The number of benzene rings is 6. The fourth-order valence-corrected chi connectivity index (χ4v) is 6.65. The summed E-state index contributed by atoms with van der Waals surface area (Å²) in [4.78, 5) is 3.68. The van der Waals surface area contributed by atoms with Crippen LogP contribution >= 0.6 is 0 Å². The van der Waals surface area contributed by atoms with Gasteiger partial charge in [-0.15, -0.1) is 0 Å². The molecule has 3 heterocycles. The molecule has 0 bridgehead atoms. The molecule has 8 aromatic rings. The number of rotatable bonds is 2. The SMILES string of the molecule is [C-]#[N+]c1ccc2c(c1)c1ccccc1n2-c1ccc2c(c1)-c1cc(-n3c4ccccc4c4ccccc43)ccc1OCO2. The van der Waals surface area contributed by atoms with E-state index in [2.05, 4.69) is 105 Å². The van der Waals surface area contributed by atoms with Gasteiger partial charge in [0, 0.05) is 38.7 Å². The van der Waals surface area contributed by atoms with E-state index in [9.17, 15) is 0 Å². The van der Waals surface area contributed by atoms with Crippen LogP contribution in [0.1, 0.15) is 0 Å². The van der Waals surface area contributed by atoms with Crippen molar-refractivity contribution in [3.8, 4) is 34.0 Å². The van der Waals surface area contributed by atoms with E-state index < -0.39 is 0 Å². The summed E-state index contributed by atoms with van der Waals surface area (Å²) in [5.74, 6) is 1.56. The maximum Gasteiger partial charge on any atom is 0.230 e. The molecule has 1 aliphatic heterocycles. The lowest BCUT2D eigenvalue weighted by Gasteiger charge is -2.14. The van der Waals surface area contributed by atoms with Crippen LogP contribution in [0.25, 0.3) is 71.0 Å². The Morgan fingerprint density at radius 2 is 0.953 bits per heavy atom. The van der Waals surface area contributed by atoms with Gasteiger partial charge in [-0.3, -0.25) is 0 Å². The van der Waals surface area contributed by atoms with Gasteiger partial charge in [0.05, 0.1) is 28.6 Å². The average Bonchev–Trinajstić information content (AvgIpc) is 3.50. The quantitative estimate of drug-likeness (QED) is 0.200. The van der Waals surface area contributed by atoms with Crippen molar-refractivity contribution >= 4 is 49.3 Å². The number of aromatic nitrogens is 2. The fraction of sp³-hybridized carbons (Fsp3) is 0.0263. The highest BCUT2D eigenvalue weighted by Crippen LogP contribution is 2.43. The number of ether oxygens (including phenoxy) is 2. The first-order valence-electron chi connectivity index (χ1n) is 14.2. The van der Waals surface area contributed by atoms with Crippen molar-refractivity contribution in [1.29, 1.82) is 0 Å². The smallest absolute Gasteiger partial charge is 0.230 e. The summed E-state index contributed by atoms with van der Waals surface area (Å²) in [5.41, 5.74) is 9.11. The molecule has 0 atom stereocenters. The molecule has 0 saturated carbocycles. The number of nitrogens with zero attached hydrogens (tertiary/aromatic N) is 3. The molecule has 0 unspecified atom stereocenters. The van der Waals surface area contributed by atoms with Gasteiger partial charge in [-0.25, -0.2) is 4.85 Å². The highest BCUT2D eigenvalue weighted by atomic mass is 16.7. The minimum absolute atomic E-state index is 0.142. The molecular weight excluding hydrogens is 530 g/mol. The van der Waals surface area contributed by atoms with Crippen molar-refractivity contribution in [2.45, 2.75) is 0 Å². The lowest BCUT2D eigenvalue weighted by molar-refractivity contribution is 0.125. The topological polar surface area (TPSA) is 32.7 Å². The molecule has 0 fully saturated rings. The van der Waals surface area contributed by atoms with Crippen molar-refractivity contribution in [3.05, 3.63) is 139 Å². The van der Waals surface area contributed by atoms with E-state index in [0.29, 0.717) is 5.69 Å². The molecule has 1 aliphatic rings. The van der Waals surface area contributed by atoms with Gasteiger partial charge in [0.15, 0.2) is 5.69 Å². The Labute approximate surface area is 247 Å². The summed E-state index contributed by atoms with van der Waals surface area (Å²) in [6, 6.07) is 44.0. The minimum Gasteiger partial charge on any atom is -0.457 e. The molecule has 6 aromatic carbocycles. The van der Waals surface area contributed by atoms with Crippen molar-refractivity contribution < 1.29 is 9.47 Å². The summed E-state index contributed by atoms with van der Waals surface area (Å²) >= 11 is 0. The van der Waals surface area contributed by atoms with Gasteiger partial charge in [0.1, 0.15) is 11.5 Å². The molecule has 0 radical (unpaired) electrons. The number of fused-ring (bicyclic) bond motifs is 9. The van der Waals surface area contributed by atoms with Crippen LogP contribution < -0.4 is 9.47 Å². The molecular formula is C38H23N3O2. The van der Waals surface area contributed by atoms with Crippen molar-refractivity contribution in [3.63, 3.8) is 0 Å². The summed E-state index contributed by atoms with van der Waals surface area (Å²) < 4.78 is 16.8. The van der Waals surface area contributed by atoms with E-state index in [4.69, 9.17) is 16.0 Å². The Morgan fingerprint density at radius 3 is 1.47 bits per heavy atom. The maximum absolute atomic E-state index is 7.54. The maximum atomic E-state index is 7.54. The zero-order valence-corrected chi connectivity index (χ0v) is 23.0. The third kappa shape index (κ3) is 3.44. The Kier molecular flexibility index (Phi) is 4.96.